The molecule has 4 heteroatoms. The third kappa shape index (κ3) is 5.95. The lowest BCUT2D eigenvalue weighted by atomic mass is 10.0. The minimum absolute atomic E-state index is 0.295. The van der Waals surface area contributed by atoms with E-state index in [9.17, 15) is 4.79 Å². The molecule has 2 fully saturated rings. The van der Waals surface area contributed by atoms with Gasteiger partial charge in [-0.15, -0.1) is 0 Å². The fraction of sp³-hybridized carbons (Fsp3) is 0.941. The van der Waals surface area contributed by atoms with Gasteiger partial charge >= 0.3 is 0 Å². The fourth-order valence-electron chi connectivity index (χ4n) is 3.52. The third-order valence-corrected chi connectivity index (χ3v) is 4.97. The quantitative estimate of drug-likeness (QED) is 0.763. The van der Waals surface area contributed by atoms with Crippen LogP contribution >= 0.6 is 0 Å². The monoisotopic (exact) mass is 295 g/mol. The molecule has 1 unspecified atom stereocenters. The summed E-state index contributed by atoms with van der Waals surface area (Å²) in [7, 11) is 0. The number of hydrogen-bond donors (Lipinski definition) is 1. The van der Waals surface area contributed by atoms with Crippen LogP contribution in [-0.2, 0) is 4.79 Å². The first kappa shape index (κ1) is 16.8. The number of piperidine rings is 1. The molecule has 2 aliphatic rings. The van der Waals surface area contributed by atoms with Gasteiger partial charge in [0, 0.05) is 19.1 Å². The van der Waals surface area contributed by atoms with Crippen LogP contribution in [0.2, 0.25) is 0 Å². The molecule has 1 N–H and O–H groups in total. The number of likely N-dealkylation sites (tertiary alicyclic amines) is 2. The molecule has 1 atom stereocenters. The predicted octanol–water partition coefficient (Wildman–Crippen LogP) is 2.24. The van der Waals surface area contributed by atoms with E-state index in [0.29, 0.717) is 12.5 Å². The number of amides is 1. The van der Waals surface area contributed by atoms with Crippen molar-refractivity contribution in [3.63, 3.8) is 0 Å². The highest BCUT2D eigenvalue weighted by Crippen LogP contribution is 2.16. The van der Waals surface area contributed by atoms with Gasteiger partial charge < -0.3 is 15.1 Å². The summed E-state index contributed by atoms with van der Waals surface area (Å²) in [6.45, 7) is 8.19. The molecule has 4 nitrogen and oxygen atoms in total. The molecule has 0 aromatic rings. The Bertz CT molecular complexity index is 300. The highest BCUT2D eigenvalue weighted by molar-refractivity contribution is 5.78. The maximum Gasteiger partial charge on any atom is 0.236 e. The molecular weight excluding hydrogens is 262 g/mol. The Hall–Kier alpha value is -0.610. The molecule has 0 aliphatic carbocycles. The second-order valence-electron chi connectivity index (χ2n) is 6.71. The maximum atomic E-state index is 12.1. The SMILES string of the molecule is CC1CCCCN1CCCNCC(=O)N1CCCCCC1. The molecule has 1 amide bonds. The highest BCUT2D eigenvalue weighted by atomic mass is 16.2. The van der Waals surface area contributed by atoms with E-state index in [4.69, 9.17) is 0 Å². The molecule has 0 spiro atoms. The average Bonchev–Trinajstić information content (AvgIpc) is 2.77. The van der Waals surface area contributed by atoms with Crippen LogP contribution in [0.5, 0.6) is 0 Å². The Balaban J connectivity index is 1.53. The lowest BCUT2D eigenvalue weighted by Gasteiger charge is -2.33. The smallest absolute Gasteiger partial charge is 0.236 e. The largest absolute Gasteiger partial charge is 0.342 e. The van der Waals surface area contributed by atoms with E-state index in [1.807, 2.05) is 4.90 Å². The van der Waals surface area contributed by atoms with Crippen molar-refractivity contribution < 1.29 is 4.79 Å². The normalized spacial score (nSPS) is 24.8. The zero-order valence-electron chi connectivity index (χ0n) is 13.8. The Morgan fingerprint density at radius 1 is 1.05 bits per heavy atom. The predicted molar refractivity (Wildman–Crippen MR) is 87.4 cm³/mol. The first-order chi connectivity index (χ1) is 10.3. The summed E-state index contributed by atoms with van der Waals surface area (Å²) in [5.74, 6) is 0.295. The number of rotatable bonds is 6. The standard InChI is InChI=1S/C17H33N3O/c1-16-9-4-7-11-19(16)14-8-10-18-15-17(21)20-12-5-2-3-6-13-20/h16,18H,2-15H2,1H3. The van der Waals surface area contributed by atoms with E-state index < -0.39 is 0 Å². The molecule has 2 aliphatic heterocycles. The van der Waals surface area contributed by atoms with Crippen molar-refractivity contribution in [2.45, 2.75) is 64.3 Å². The van der Waals surface area contributed by atoms with Gasteiger partial charge in [0.2, 0.25) is 5.91 Å². The zero-order chi connectivity index (χ0) is 14.9. The molecule has 2 saturated heterocycles. The average molecular weight is 295 g/mol. The Morgan fingerprint density at radius 3 is 2.48 bits per heavy atom. The Morgan fingerprint density at radius 2 is 1.76 bits per heavy atom. The molecule has 0 saturated carbocycles. The van der Waals surface area contributed by atoms with Gasteiger partial charge in [-0.3, -0.25) is 4.79 Å². The second kappa shape index (κ2) is 9.42. The summed E-state index contributed by atoms with van der Waals surface area (Å²) < 4.78 is 0. The lowest BCUT2D eigenvalue weighted by Crippen LogP contribution is -2.41. The van der Waals surface area contributed by atoms with Crippen LogP contribution in [0.3, 0.4) is 0 Å². The second-order valence-corrected chi connectivity index (χ2v) is 6.71. The molecule has 2 rings (SSSR count). The Labute approximate surface area is 130 Å². The van der Waals surface area contributed by atoms with Crippen LogP contribution in [0, 0.1) is 0 Å². The highest BCUT2D eigenvalue weighted by Gasteiger charge is 2.17. The molecule has 122 valence electrons. The summed E-state index contributed by atoms with van der Waals surface area (Å²) in [6, 6.07) is 0.748. The maximum absolute atomic E-state index is 12.1. The van der Waals surface area contributed by atoms with Crippen LogP contribution in [-0.4, -0.2) is 61.0 Å². The summed E-state index contributed by atoms with van der Waals surface area (Å²) in [6.07, 6.45) is 10.2. The third-order valence-electron chi connectivity index (χ3n) is 4.97. The van der Waals surface area contributed by atoms with Gasteiger partial charge in [0.1, 0.15) is 0 Å². The lowest BCUT2D eigenvalue weighted by molar-refractivity contribution is -0.130. The molecule has 0 aromatic heterocycles. The van der Waals surface area contributed by atoms with Crippen molar-refractivity contribution in [2.24, 2.45) is 0 Å². The molecule has 21 heavy (non-hydrogen) atoms. The summed E-state index contributed by atoms with van der Waals surface area (Å²) in [5.41, 5.74) is 0. The number of hydrogen-bond acceptors (Lipinski definition) is 3. The van der Waals surface area contributed by atoms with Gasteiger partial charge in [-0.1, -0.05) is 19.3 Å². The molecule has 0 radical (unpaired) electrons. The molecule has 2 heterocycles. The molecular formula is C17H33N3O. The van der Waals surface area contributed by atoms with Gasteiger partial charge in [-0.25, -0.2) is 0 Å². The van der Waals surface area contributed by atoms with Gasteiger partial charge in [-0.2, -0.15) is 0 Å². The summed E-state index contributed by atoms with van der Waals surface area (Å²) >= 11 is 0. The van der Waals surface area contributed by atoms with Crippen LogP contribution in [0.25, 0.3) is 0 Å². The number of carbonyl (C=O) groups excluding carboxylic acids is 1. The van der Waals surface area contributed by atoms with Crippen LogP contribution in [0.1, 0.15) is 58.3 Å². The van der Waals surface area contributed by atoms with Crippen LogP contribution in [0.4, 0.5) is 0 Å². The van der Waals surface area contributed by atoms with Gasteiger partial charge in [0.15, 0.2) is 0 Å². The van der Waals surface area contributed by atoms with E-state index in [1.165, 1.54) is 58.0 Å². The fourth-order valence-corrected chi connectivity index (χ4v) is 3.52. The van der Waals surface area contributed by atoms with E-state index >= 15 is 0 Å². The van der Waals surface area contributed by atoms with Crippen molar-refractivity contribution in [2.75, 3.05) is 39.3 Å². The first-order valence-electron chi connectivity index (χ1n) is 9.00. The van der Waals surface area contributed by atoms with Crippen LogP contribution in [0.15, 0.2) is 0 Å². The van der Waals surface area contributed by atoms with Gasteiger partial charge in [0.05, 0.1) is 6.54 Å². The topological polar surface area (TPSA) is 35.6 Å². The van der Waals surface area contributed by atoms with Crippen molar-refractivity contribution >= 4 is 5.91 Å². The minimum atomic E-state index is 0.295. The van der Waals surface area contributed by atoms with Crippen molar-refractivity contribution in [3.8, 4) is 0 Å². The summed E-state index contributed by atoms with van der Waals surface area (Å²) in [5, 5.41) is 3.34. The van der Waals surface area contributed by atoms with Crippen molar-refractivity contribution in [1.29, 1.82) is 0 Å². The van der Waals surface area contributed by atoms with Crippen LogP contribution < -0.4 is 5.32 Å². The minimum Gasteiger partial charge on any atom is -0.342 e. The van der Waals surface area contributed by atoms with Gasteiger partial charge in [0.25, 0.3) is 0 Å². The van der Waals surface area contributed by atoms with E-state index in [1.54, 1.807) is 0 Å². The van der Waals surface area contributed by atoms with Gasteiger partial charge in [-0.05, 0) is 58.7 Å². The number of nitrogens with one attached hydrogen (secondary N) is 1. The van der Waals surface area contributed by atoms with Crippen molar-refractivity contribution in [1.82, 2.24) is 15.1 Å². The number of carbonyl (C=O) groups is 1. The van der Waals surface area contributed by atoms with E-state index in [0.717, 1.165) is 32.1 Å². The first-order valence-corrected chi connectivity index (χ1v) is 9.00. The summed E-state index contributed by atoms with van der Waals surface area (Å²) in [4.78, 5) is 16.8. The Kier molecular flexibility index (Phi) is 7.51. The van der Waals surface area contributed by atoms with E-state index in [-0.39, 0.29) is 0 Å². The molecule has 0 aromatic carbocycles. The van der Waals surface area contributed by atoms with E-state index in [2.05, 4.69) is 17.1 Å². The van der Waals surface area contributed by atoms with Crippen molar-refractivity contribution in [3.05, 3.63) is 0 Å². The molecule has 0 bridgehead atoms. The number of nitrogens with zero attached hydrogens (tertiary/aromatic N) is 2. The zero-order valence-corrected chi connectivity index (χ0v) is 13.8.